The van der Waals surface area contributed by atoms with Crippen molar-refractivity contribution in [2.45, 2.75) is 16.7 Å². The molecule has 3 nitrogen and oxygen atoms in total. The Morgan fingerprint density at radius 2 is 1.84 bits per heavy atom. The van der Waals surface area contributed by atoms with Gasteiger partial charge in [-0.05, 0) is 43.3 Å². The standard InChI is InChI=1S/C18H12ClF2NO2S/c1-2-24-18(23)12-9-22-16-14(21)8-7-13(20)15(16)17(12)25-11-5-3-10(19)4-6-11/h3-9H,2H2,1H3. The van der Waals surface area contributed by atoms with E-state index in [-0.39, 0.29) is 28.0 Å². The van der Waals surface area contributed by atoms with Gasteiger partial charge in [0.2, 0.25) is 0 Å². The Morgan fingerprint density at radius 3 is 2.52 bits per heavy atom. The van der Waals surface area contributed by atoms with Crippen molar-refractivity contribution in [2.24, 2.45) is 0 Å². The van der Waals surface area contributed by atoms with Gasteiger partial charge in [0.25, 0.3) is 0 Å². The largest absolute Gasteiger partial charge is 0.462 e. The first kappa shape index (κ1) is 17.6. The molecule has 0 aliphatic heterocycles. The monoisotopic (exact) mass is 379 g/mol. The third kappa shape index (κ3) is 3.60. The second-order valence-corrected chi connectivity index (χ2v) is 6.55. The average molecular weight is 380 g/mol. The minimum Gasteiger partial charge on any atom is -0.462 e. The minimum atomic E-state index is -0.662. The normalized spacial score (nSPS) is 10.9. The highest BCUT2D eigenvalue weighted by atomic mass is 35.5. The van der Waals surface area contributed by atoms with Crippen molar-refractivity contribution in [2.75, 3.05) is 6.61 Å². The van der Waals surface area contributed by atoms with Gasteiger partial charge in [-0.1, -0.05) is 23.4 Å². The fourth-order valence-electron chi connectivity index (χ4n) is 2.29. The molecule has 0 aliphatic carbocycles. The zero-order valence-electron chi connectivity index (χ0n) is 13.1. The Labute approximate surface area is 152 Å². The van der Waals surface area contributed by atoms with Crippen LogP contribution in [0.4, 0.5) is 8.78 Å². The van der Waals surface area contributed by atoms with Crippen LogP contribution in [-0.4, -0.2) is 17.6 Å². The second-order valence-electron chi connectivity index (χ2n) is 5.03. The van der Waals surface area contributed by atoms with Gasteiger partial charge in [0.1, 0.15) is 17.2 Å². The summed E-state index contributed by atoms with van der Waals surface area (Å²) in [7, 11) is 0. The number of ether oxygens (including phenoxy) is 1. The summed E-state index contributed by atoms with van der Waals surface area (Å²) in [6.07, 6.45) is 1.21. The summed E-state index contributed by atoms with van der Waals surface area (Å²) < 4.78 is 33.5. The van der Waals surface area contributed by atoms with Crippen molar-refractivity contribution in [3.05, 3.63) is 64.8 Å². The quantitative estimate of drug-likeness (QED) is 0.561. The lowest BCUT2D eigenvalue weighted by Crippen LogP contribution is -2.08. The smallest absolute Gasteiger partial charge is 0.340 e. The number of aromatic nitrogens is 1. The number of nitrogens with zero attached hydrogens (tertiary/aromatic N) is 1. The predicted octanol–water partition coefficient (Wildman–Crippen LogP) is 5.49. The van der Waals surface area contributed by atoms with Crippen LogP contribution in [0.1, 0.15) is 17.3 Å². The maximum Gasteiger partial charge on any atom is 0.340 e. The lowest BCUT2D eigenvalue weighted by Gasteiger charge is -2.12. The topological polar surface area (TPSA) is 39.2 Å². The number of carbonyl (C=O) groups is 1. The van der Waals surface area contributed by atoms with Gasteiger partial charge in [-0.3, -0.25) is 4.98 Å². The number of carbonyl (C=O) groups excluding carboxylic acids is 1. The summed E-state index contributed by atoms with van der Waals surface area (Å²) in [6.45, 7) is 1.83. The van der Waals surface area contributed by atoms with Crippen LogP contribution in [0, 0.1) is 11.6 Å². The van der Waals surface area contributed by atoms with Crippen LogP contribution in [0.2, 0.25) is 5.02 Å². The lowest BCUT2D eigenvalue weighted by atomic mass is 10.1. The van der Waals surface area contributed by atoms with E-state index in [1.165, 1.54) is 6.20 Å². The van der Waals surface area contributed by atoms with Gasteiger partial charge in [-0.15, -0.1) is 0 Å². The number of esters is 1. The Kier molecular flexibility index (Phi) is 5.20. The van der Waals surface area contributed by atoms with Crippen molar-refractivity contribution in [3.63, 3.8) is 0 Å². The Morgan fingerprint density at radius 1 is 1.16 bits per heavy atom. The van der Waals surface area contributed by atoms with Crippen LogP contribution < -0.4 is 0 Å². The van der Waals surface area contributed by atoms with E-state index in [2.05, 4.69) is 4.98 Å². The van der Waals surface area contributed by atoms with Gasteiger partial charge in [-0.2, -0.15) is 0 Å². The molecule has 2 aromatic carbocycles. The minimum absolute atomic E-state index is 0.0505. The van der Waals surface area contributed by atoms with E-state index in [4.69, 9.17) is 16.3 Å². The third-order valence-corrected chi connectivity index (χ3v) is 4.79. The maximum atomic E-state index is 14.4. The van der Waals surface area contributed by atoms with E-state index in [0.717, 1.165) is 23.9 Å². The molecule has 0 amide bonds. The van der Waals surface area contributed by atoms with Crippen LogP contribution in [-0.2, 0) is 4.74 Å². The summed E-state index contributed by atoms with van der Waals surface area (Å²) in [6, 6.07) is 8.82. The molecule has 0 bridgehead atoms. The molecule has 0 radical (unpaired) electrons. The van der Waals surface area contributed by atoms with Crippen molar-refractivity contribution in [3.8, 4) is 0 Å². The summed E-state index contributed by atoms with van der Waals surface area (Å²) >= 11 is 7.00. The summed E-state index contributed by atoms with van der Waals surface area (Å²) in [4.78, 5) is 17.1. The predicted molar refractivity (Wildman–Crippen MR) is 93.2 cm³/mol. The molecule has 0 unspecified atom stereocenters. The van der Waals surface area contributed by atoms with E-state index in [0.29, 0.717) is 9.92 Å². The molecule has 0 fully saturated rings. The van der Waals surface area contributed by atoms with Crippen LogP contribution in [0.3, 0.4) is 0 Å². The first-order valence-electron chi connectivity index (χ1n) is 7.38. The number of rotatable bonds is 4. The number of fused-ring (bicyclic) bond motifs is 1. The van der Waals surface area contributed by atoms with Crippen molar-refractivity contribution in [1.29, 1.82) is 0 Å². The molecule has 7 heteroatoms. The highest BCUT2D eigenvalue weighted by Crippen LogP contribution is 2.38. The molecular formula is C18H12ClF2NO2S. The van der Waals surface area contributed by atoms with Crippen molar-refractivity contribution in [1.82, 2.24) is 4.98 Å². The first-order chi connectivity index (χ1) is 12.0. The van der Waals surface area contributed by atoms with Crippen LogP contribution >= 0.6 is 23.4 Å². The van der Waals surface area contributed by atoms with E-state index in [1.54, 1.807) is 31.2 Å². The Balaban J connectivity index is 2.23. The molecule has 1 heterocycles. The molecule has 3 rings (SSSR count). The zero-order valence-corrected chi connectivity index (χ0v) is 14.6. The summed E-state index contributed by atoms with van der Waals surface area (Å²) in [5, 5.41) is 0.497. The molecule has 0 N–H and O–H groups in total. The van der Waals surface area contributed by atoms with Crippen LogP contribution in [0.5, 0.6) is 0 Å². The van der Waals surface area contributed by atoms with Gasteiger partial charge in [0.05, 0.1) is 17.6 Å². The van der Waals surface area contributed by atoms with E-state index in [1.807, 2.05) is 0 Å². The molecule has 1 aromatic heterocycles. The van der Waals surface area contributed by atoms with Gasteiger partial charge in [0, 0.05) is 21.0 Å². The Hall–Kier alpha value is -2.18. The van der Waals surface area contributed by atoms with Crippen molar-refractivity contribution < 1.29 is 18.3 Å². The van der Waals surface area contributed by atoms with Gasteiger partial charge < -0.3 is 4.74 Å². The van der Waals surface area contributed by atoms with E-state index in [9.17, 15) is 13.6 Å². The summed E-state index contributed by atoms with van der Waals surface area (Å²) in [5.41, 5.74) is -0.0525. The molecule has 25 heavy (non-hydrogen) atoms. The average Bonchev–Trinajstić information content (AvgIpc) is 2.60. The first-order valence-corrected chi connectivity index (χ1v) is 8.58. The van der Waals surface area contributed by atoms with Crippen LogP contribution in [0.25, 0.3) is 10.9 Å². The zero-order chi connectivity index (χ0) is 18.0. The fraction of sp³-hybridized carbons (Fsp3) is 0.111. The highest BCUT2D eigenvalue weighted by molar-refractivity contribution is 7.99. The van der Waals surface area contributed by atoms with Gasteiger partial charge in [-0.25, -0.2) is 13.6 Å². The molecule has 0 atom stereocenters. The fourth-order valence-corrected chi connectivity index (χ4v) is 3.46. The van der Waals surface area contributed by atoms with Gasteiger partial charge in [0.15, 0.2) is 0 Å². The number of benzene rings is 2. The van der Waals surface area contributed by atoms with E-state index >= 15 is 0 Å². The molecule has 3 aromatic rings. The number of hydrogen-bond donors (Lipinski definition) is 0. The Bertz CT molecular complexity index is 948. The lowest BCUT2D eigenvalue weighted by molar-refractivity contribution is 0.0522. The molecule has 0 saturated heterocycles. The summed E-state index contributed by atoms with van der Waals surface area (Å²) in [5.74, 6) is -1.96. The number of hydrogen-bond acceptors (Lipinski definition) is 4. The number of halogens is 3. The second kappa shape index (κ2) is 7.37. The van der Waals surface area contributed by atoms with Gasteiger partial charge >= 0.3 is 5.97 Å². The molecule has 0 aliphatic rings. The van der Waals surface area contributed by atoms with Crippen molar-refractivity contribution >= 4 is 40.2 Å². The molecule has 0 spiro atoms. The highest BCUT2D eigenvalue weighted by Gasteiger charge is 2.21. The van der Waals surface area contributed by atoms with E-state index < -0.39 is 17.6 Å². The third-order valence-electron chi connectivity index (χ3n) is 3.40. The molecule has 0 saturated carbocycles. The SMILES string of the molecule is CCOC(=O)c1cnc2c(F)ccc(F)c2c1Sc1ccc(Cl)cc1. The maximum absolute atomic E-state index is 14.4. The molecular weight excluding hydrogens is 368 g/mol. The van der Waals surface area contributed by atoms with Crippen LogP contribution in [0.15, 0.2) is 52.4 Å². The number of pyridine rings is 1. The molecule has 128 valence electrons.